The van der Waals surface area contributed by atoms with Crippen molar-refractivity contribution in [1.82, 2.24) is 0 Å². The maximum atomic E-state index is 11.9. The summed E-state index contributed by atoms with van der Waals surface area (Å²) in [5.74, 6) is 0.670. The fraction of sp³-hybridized carbons (Fsp3) is 0.500. The molecule has 1 aromatic carbocycles. The zero-order valence-corrected chi connectivity index (χ0v) is 11.6. The Balaban J connectivity index is 2.89. The summed E-state index contributed by atoms with van der Waals surface area (Å²) in [4.78, 5) is 10.4. The number of nitro benzene ring substituents is 1. The molecule has 1 rings (SSSR count). The lowest BCUT2D eigenvalue weighted by Crippen LogP contribution is -2.38. The van der Waals surface area contributed by atoms with Crippen molar-refractivity contribution >= 4 is 16.5 Å². The first-order valence-corrected chi connectivity index (χ1v) is 7.06. The van der Waals surface area contributed by atoms with Crippen molar-refractivity contribution in [3.05, 3.63) is 39.4 Å². The van der Waals surface area contributed by atoms with Crippen molar-refractivity contribution < 1.29 is 9.13 Å². The van der Waals surface area contributed by atoms with Crippen LogP contribution in [0.5, 0.6) is 0 Å². The highest BCUT2D eigenvalue weighted by molar-refractivity contribution is 7.84. The van der Waals surface area contributed by atoms with Crippen molar-refractivity contribution in [2.24, 2.45) is 5.73 Å². The van der Waals surface area contributed by atoms with Crippen molar-refractivity contribution in [3.8, 4) is 0 Å². The standard InChI is InChI=1S/C12H18N2O3S/c1-9-10(5-4-6-11(9)14(15)16)7-18(17)8-12(2,3)13/h4-6H,7-8,13H2,1-3H3. The van der Waals surface area contributed by atoms with Crippen LogP contribution in [0.1, 0.15) is 25.0 Å². The molecule has 6 heteroatoms. The molecule has 0 radical (unpaired) electrons. The van der Waals surface area contributed by atoms with E-state index in [4.69, 9.17) is 5.73 Å². The maximum absolute atomic E-state index is 11.9. The molecule has 2 N–H and O–H groups in total. The summed E-state index contributed by atoms with van der Waals surface area (Å²) in [6, 6.07) is 4.84. The van der Waals surface area contributed by atoms with Gasteiger partial charge in [-0.15, -0.1) is 0 Å². The van der Waals surface area contributed by atoms with Gasteiger partial charge in [-0.25, -0.2) is 0 Å². The molecule has 0 aliphatic rings. The third-order valence-electron chi connectivity index (χ3n) is 2.46. The van der Waals surface area contributed by atoms with E-state index in [0.29, 0.717) is 17.1 Å². The second-order valence-corrected chi connectivity index (χ2v) is 6.49. The molecule has 0 saturated heterocycles. The predicted molar refractivity (Wildman–Crippen MR) is 72.8 cm³/mol. The molecule has 1 atom stereocenters. The molecule has 1 aromatic rings. The molecule has 0 amide bonds. The van der Waals surface area contributed by atoms with Gasteiger partial charge in [0.05, 0.1) is 4.92 Å². The zero-order valence-electron chi connectivity index (χ0n) is 10.8. The monoisotopic (exact) mass is 270 g/mol. The van der Waals surface area contributed by atoms with Gasteiger partial charge in [-0.2, -0.15) is 0 Å². The maximum Gasteiger partial charge on any atom is 0.272 e. The molecule has 0 fully saturated rings. The lowest BCUT2D eigenvalue weighted by atomic mass is 10.1. The number of nitro groups is 1. The number of benzene rings is 1. The molecule has 0 aliphatic carbocycles. The van der Waals surface area contributed by atoms with Crippen LogP contribution in [-0.4, -0.2) is 20.4 Å². The summed E-state index contributed by atoms with van der Waals surface area (Å²) in [7, 11) is -1.12. The van der Waals surface area contributed by atoms with Gasteiger partial charge in [0.25, 0.3) is 5.69 Å². The van der Waals surface area contributed by atoms with Gasteiger partial charge in [0, 0.05) is 39.5 Å². The van der Waals surface area contributed by atoms with Gasteiger partial charge in [0.2, 0.25) is 0 Å². The number of nitrogens with zero attached hydrogens (tertiary/aromatic N) is 1. The quantitative estimate of drug-likeness (QED) is 0.654. The van der Waals surface area contributed by atoms with E-state index in [1.165, 1.54) is 6.07 Å². The van der Waals surface area contributed by atoms with Gasteiger partial charge < -0.3 is 5.73 Å². The third kappa shape index (κ3) is 4.19. The Morgan fingerprint density at radius 2 is 2.06 bits per heavy atom. The van der Waals surface area contributed by atoms with Gasteiger partial charge in [-0.3, -0.25) is 14.3 Å². The molecule has 0 spiro atoms. The SMILES string of the molecule is Cc1c(CS(=O)CC(C)(C)N)cccc1[N+](=O)[O-]. The molecule has 0 saturated carbocycles. The highest BCUT2D eigenvalue weighted by Gasteiger charge is 2.18. The van der Waals surface area contributed by atoms with Crippen LogP contribution in [0.25, 0.3) is 0 Å². The molecule has 0 heterocycles. The minimum atomic E-state index is -1.12. The smallest absolute Gasteiger partial charge is 0.272 e. The lowest BCUT2D eigenvalue weighted by molar-refractivity contribution is -0.385. The first-order chi connectivity index (χ1) is 8.20. The zero-order chi connectivity index (χ0) is 13.9. The molecule has 0 aliphatic heterocycles. The van der Waals surface area contributed by atoms with Crippen LogP contribution in [0.3, 0.4) is 0 Å². The van der Waals surface area contributed by atoms with Crippen LogP contribution in [0.15, 0.2) is 18.2 Å². The molecular weight excluding hydrogens is 252 g/mol. The Bertz CT molecular complexity index is 481. The molecule has 100 valence electrons. The molecule has 18 heavy (non-hydrogen) atoms. The Hall–Kier alpha value is -1.27. The summed E-state index contributed by atoms with van der Waals surface area (Å²) in [6.07, 6.45) is 0. The molecule has 1 unspecified atom stereocenters. The van der Waals surface area contributed by atoms with E-state index in [1.807, 2.05) is 13.8 Å². The van der Waals surface area contributed by atoms with Crippen LogP contribution < -0.4 is 5.73 Å². The Labute approximate surface area is 109 Å². The van der Waals surface area contributed by atoms with E-state index in [2.05, 4.69) is 0 Å². The third-order valence-corrected chi connectivity index (χ3v) is 4.16. The summed E-state index contributed by atoms with van der Waals surface area (Å²) < 4.78 is 11.9. The molecule has 5 nitrogen and oxygen atoms in total. The van der Waals surface area contributed by atoms with E-state index in [-0.39, 0.29) is 5.69 Å². The summed E-state index contributed by atoms with van der Waals surface area (Å²) >= 11 is 0. The van der Waals surface area contributed by atoms with Crippen molar-refractivity contribution in [2.45, 2.75) is 32.1 Å². The fourth-order valence-electron chi connectivity index (χ4n) is 1.66. The van der Waals surface area contributed by atoms with Gasteiger partial charge in [0.1, 0.15) is 0 Å². The minimum absolute atomic E-state index is 0.0662. The summed E-state index contributed by atoms with van der Waals surface area (Å²) in [5.41, 5.74) is 6.69. The Morgan fingerprint density at radius 3 is 2.56 bits per heavy atom. The first-order valence-electron chi connectivity index (χ1n) is 5.57. The second-order valence-electron chi connectivity index (χ2n) is 5.04. The van der Waals surface area contributed by atoms with Crippen LogP contribution in [0.4, 0.5) is 5.69 Å². The normalized spacial score (nSPS) is 13.3. The highest BCUT2D eigenvalue weighted by atomic mass is 32.2. The Kier molecular flexibility index (Phi) is 4.59. The van der Waals surface area contributed by atoms with Crippen molar-refractivity contribution in [3.63, 3.8) is 0 Å². The minimum Gasteiger partial charge on any atom is -0.325 e. The first kappa shape index (κ1) is 14.8. The number of rotatable bonds is 5. The van der Waals surface area contributed by atoms with Gasteiger partial charge in [-0.1, -0.05) is 12.1 Å². The number of nitrogens with two attached hydrogens (primary N) is 1. The van der Waals surface area contributed by atoms with E-state index in [9.17, 15) is 14.3 Å². The lowest BCUT2D eigenvalue weighted by Gasteiger charge is -2.17. The number of hydrogen-bond acceptors (Lipinski definition) is 4. The van der Waals surface area contributed by atoms with E-state index >= 15 is 0 Å². The summed E-state index contributed by atoms with van der Waals surface area (Å²) in [6.45, 7) is 5.30. The topological polar surface area (TPSA) is 86.2 Å². The van der Waals surface area contributed by atoms with E-state index < -0.39 is 21.3 Å². The fourth-order valence-corrected chi connectivity index (χ4v) is 3.25. The summed E-state index contributed by atoms with van der Waals surface area (Å²) in [5, 5.41) is 10.8. The largest absolute Gasteiger partial charge is 0.325 e. The second kappa shape index (κ2) is 5.58. The van der Waals surface area contributed by atoms with E-state index in [1.54, 1.807) is 19.1 Å². The van der Waals surface area contributed by atoms with Crippen LogP contribution >= 0.6 is 0 Å². The van der Waals surface area contributed by atoms with Gasteiger partial charge >= 0.3 is 0 Å². The average Bonchev–Trinajstić information content (AvgIpc) is 2.17. The Morgan fingerprint density at radius 1 is 1.44 bits per heavy atom. The van der Waals surface area contributed by atoms with Crippen LogP contribution in [0, 0.1) is 17.0 Å². The van der Waals surface area contributed by atoms with E-state index in [0.717, 1.165) is 5.56 Å². The van der Waals surface area contributed by atoms with Crippen molar-refractivity contribution in [2.75, 3.05) is 5.75 Å². The van der Waals surface area contributed by atoms with Crippen LogP contribution in [0.2, 0.25) is 0 Å². The van der Waals surface area contributed by atoms with Crippen LogP contribution in [-0.2, 0) is 16.6 Å². The highest BCUT2D eigenvalue weighted by Crippen LogP contribution is 2.22. The number of hydrogen-bond donors (Lipinski definition) is 1. The molecular formula is C12H18N2O3S. The molecule has 0 aromatic heterocycles. The van der Waals surface area contributed by atoms with Gasteiger partial charge in [-0.05, 0) is 26.3 Å². The van der Waals surface area contributed by atoms with Crippen molar-refractivity contribution in [1.29, 1.82) is 0 Å². The predicted octanol–water partition coefficient (Wildman–Crippen LogP) is 1.89. The van der Waals surface area contributed by atoms with Gasteiger partial charge in [0.15, 0.2) is 0 Å². The average molecular weight is 270 g/mol. The molecule has 0 bridgehead atoms.